The lowest BCUT2D eigenvalue weighted by atomic mass is 10.3. The molecule has 2 N–H and O–H groups in total. The van der Waals surface area contributed by atoms with E-state index in [9.17, 15) is 0 Å². The second-order valence-electron chi connectivity index (χ2n) is 7.62. The second-order valence-corrected chi connectivity index (χ2v) is 8.76. The summed E-state index contributed by atoms with van der Waals surface area (Å²) < 4.78 is 11.0. The lowest BCUT2D eigenvalue weighted by Gasteiger charge is -2.18. The van der Waals surface area contributed by atoms with Gasteiger partial charge >= 0.3 is 0 Å². The van der Waals surface area contributed by atoms with Crippen molar-refractivity contribution in [1.29, 1.82) is 0 Å². The summed E-state index contributed by atoms with van der Waals surface area (Å²) >= 11 is 1.77. The summed E-state index contributed by atoms with van der Waals surface area (Å²) in [6.45, 7) is 11.3. The fourth-order valence-corrected chi connectivity index (χ4v) is 4.18. The zero-order valence-corrected chi connectivity index (χ0v) is 22.8. The van der Waals surface area contributed by atoms with Crippen LogP contribution >= 0.6 is 11.8 Å². The Balaban J connectivity index is 0.000000276. The fourth-order valence-electron chi connectivity index (χ4n) is 3.36. The van der Waals surface area contributed by atoms with Crippen molar-refractivity contribution in [1.82, 2.24) is 4.90 Å². The molecular weight excluding hydrogens is 470 g/mol. The van der Waals surface area contributed by atoms with Crippen LogP contribution in [0.5, 0.6) is 11.5 Å². The van der Waals surface area contributed by atoms with E-state index < -0.39 is 0 Å². The van der Waals surface area contributed by atoms with Gasteiger partial charge in [-0.25, -0.2) is 0 Å². The molecule has 2 aromatic rings. The maximum absolute atomic E-state index is 8.63. The lowest BCUT2D eigenvalue weighted by molar-refractivity contribution is 0.239. The van der Waals surface area contributed by atoms with Gasteiger partial charge in [0.05, 0.1) is 19.5 Å². The Labute approximate surface area is 222 Å². The number of ether oxygens (including phenoxy) is 2. The summed E-state index contributed by atoms with van der Waals surface area (Å²) in [6, 6.07) is 18.8. The smallest absolute Gasteiger partial charge is 0.132 e. The number of hydrogen-bond donors (Lipinski definition) is 2. The standard InChI is InChI=1S/C13H19NO.C9H12O2S.C6H6O.C2H6/c1-2-7-13(8-3-1)15-12-6-11-14-9-4-5-10-14;1-2-9-8(4-3-5-10)11-6-7-12-9;7-6-4-2-1-3-5-6;1-2/h1-3,7-8H,4-6,9-12H2;2-5,10H,6-7H2,1H3;1-5,7H;1-2H3/b;5-3+,8-4+,9-2+;;. The zero-order valence-electron chi connectivity index (χ0n) is 22.0. The Hall–Kier alpha value is -2.83. The predicted octanol–water partition coefficient (Wildman–Crippen LogP) is 7.58. The summed E-state index contributed by atoms with van der Waals surface area (Å²) in [6.07, 6.45) is 10.2. The van der Waals surface area contributed by atoms with Crippen molar-refractivity contribution in [3.63, 3.8) is 0 Å². The molecule has 0 radical (unpaired) electrons. The first-order chi connectivity index (χ1) is 17.7. The highest BCUT2D eigenvalue weighted by Crippen LogP contribution is 2.29. The number of aromatic hydroxyl groups is 1. The highest BCUT2D eigenvalue weighted by atomic mass is 32.2. The Kier molecular flexibility index (Phi) is 18.6. The number of phenols is 1. The van der Waals surface area contributed by atoms with Crippen LogP contribution < -0.4 is 4.74 Å². The van der Waals surface area contributed by atoms with E-state index in [1.165, 1.54) is 32.5 Å². The van der Waals surface area contributed by atoms with Crippen LogP contribution in [0.25, 0.3) is 0 Å². The van der Waals surface area contributed by atoms with Gasteiger partial charge in [-0.15, -0.1) is 11.8 Å². The molecule has 2 aliphatic rings. The number of phenolic OH excluding ortho intramolecular Hbond substituents is 1. The second kappa shape index (κ2) is 21.5. The number of hydrogen-bond acceptors (Lipinski definition) is 6. The molecule has 2 fully saturated rings. The Bertz CT molecular complexity index is 863. The van der Waals surface area contributed by atoms with Gasteiger partial charge in [0.25, 0.3) is 0 Å². The summed E-state index contributed by atoms with van der Waals surface area (Å²) in [5.74, 6) is 3.15. The molecule has 0 atom stereocenters. The first kappa shape index (κ1) is 31.2. The average molecular weight is 514 g/mol. The highest BCUT2D eigenvalue weighted by molar-refractivity contribution is 8.03. The molecule has 0 spiro atoms. The van der Waals surface area contributed by atoms with Gasteiger partial charge in [0, 0.05) is 17.2 Å². The van der Waals surface area contributed by atoms with Gasteiger partial charge in [-0.2, -0.15) is 0 Å². The monoisotopic (exact) mass is 513 g/mol. The number of allylic oxidation sites excluding steroid dienone is 3. The largest absolute Gasteiger partial charge is 0.516 e. The maximum atomic E-state index is 8.63. The average Bonchev–Trinajstić information content (AvgIpc) is 3.47. The molecule has 2 aromatic carbocycles. The molecule has 0 unspecified atom stereocenters. The number of aliphatic hydroxyl groups is 1. The molecule has 6 heteroatoms. The van der Waals surface area contributed by atoms with E-state index in [1.54, 1.807) is 48.2 Å². The Morgan fingerprint density at radius 1 is 1.00 bits per heavy atom. The third-order valence-electron chi connectivity index (χ3n) is 5.02. The van der Waals surface area contributed by atoms with Crippen molar-refractivity contribution in [2.24, 2.45) is 0 Å². The normalized spacial score (nSPS) is 17.2. The van der Waals surface area contributed by atoms with Gasteiger partial charge < -0.3 is 24.6 Å². The molecular formula is C30H43NO4S. The van der Waals surface area contributed by atoms with E-state index >= 15 is 0 Å². The molecule has 0 amide bonds. The van der Waals surface area contributed by atoms with Crippen molar-refractivity contribution in [3.05, 3.63) is 95.8 Å². The van der Waals surface area contributed by atoms with Crippen LogP contribution in [0.4, 0.5) is 0 Å². The van der Waals surface area contributed by atoms with E-state index in [4.69, 9.17) is 19.7 Å². The number of rotatable bonds is 6. The van der Waals surface area contributed by atoms with E-state index in [-0.39, 0.29) is 0 Å². The van der Waals surface area contributed by atoms with Crippen LogP contribution in [-0.4, -0.2) is 53.7 Å². The third kappa shape index (κ3) is 14.5. The number of aliphatic hydroxyl groups excluding tert-OH is 1. The van der Waals surface area contributed by atoms with Gasteiger partial charge in [-0.1, -0.05) is 56.3 Å². The van der Waals surface area contributed by atoms with Crippen molar-refractivity contribution in [3.8, 4) is 11.5 Å². The fraction of sp³-hybridized carbons (Fsp3) is 0.400. The molecule has 5 nitrogen and oxygen atoms in total. The van der Waals surface area contributed by atoms with Gasteiger partial charge in [-0.3, -0.25) is 0 Å². The number of likely N-dealkylation sites (tertiary alicyclic amines) is 1. The van der Waals surface area contributed by atoms with Gasteiger partial charge in [0.15, 0.2) is 0 Å². The van der Waals surface area contributed by atoms with Gasteiger partial charge in [-0.05, 0) is 75.7 Å². The molecule has 2 heterocycles. The minimum atomic E-state index is 0.322. The van der Waals surface area contributed by atoms with E-state index in [1.807, 2.05) is 63.2 Å². The molecule has 198 valence electrons. The molecule has 0 aliphatic carbocycles. The molecule has 2 aliphatic heterocycles. The van der Waals surface area contributed by atoms with Gasteiger partial charge in [0.2, 0.25) is 0 Å². The van der Waals surface area contributed by atoms with Gasteiger partial charge in [0.1, 0.15) is 17.3 Å². The Morgan fingerprint density at radius 3 is 2.19 bits per heavy atom. The molecule has 0 bridgehead atoms. The minimum absolute atomic E-state index is 0.322. The number of para-hydroxylation sites is 2. The molecule has 0 aromatic heterocycles. The first-order valence-electron chi connectivity index (χ1n) is 12.8. The van der Waals surface area contributed by atoms with Crippen molar-refractivity contribution in [2.45, 2.75) is 40.0 Å². The molecule has 2 saturated heterocycles. The summed E-state index contributed by atoms with van der Waals surface area (Å²) in [4.78, 5) is 3.66. The van der Waals surface area contributed by atoms with Crippen molar-refractivity contribution >= 4 is 11.8 Å². The molecule has 4 rings (SSSR count). The molecule has 0 saturated carbocycles. The maximum Gasteiger partial charge on any atom is 0.132 e. The zero-order chi connectivity index (χ0) is 26.3. The van der Waals surface area contributed by atoms with E-state index in [0.717, 1.165) is 48.1 Å². The summed E-state index contributed by atoms with van der Waals surface area (Å²) in [5.41, 5.74) is 0. The van der Waals surface area contributed by atoms with E-state index in [2.05, 4.69) is 4.90 Å². The lowest BCUT2D eigenvalue weighted by Crippen LogP contribution is -2.21. The highest BCUT2D eigenvalue weighted by Gasteiger charge is 2.11. The minimum Gasteiger partial charge on any atom is -0.516 e. The van der Waals surface area contributed by atoms with E-state index in [0.29, 0.717) is 5.75 Å². The van der Waals surface area contributed by atoms with Crippen LogP contribution in [0.3, 0.4) is 0 Å². The van der Waals surface area contributed by atoms with Crippen molar-refractivity contribution < 1.29 is 19.7 Å². The topological polar surface area (TPSA) is 62.2 Å². The molecule has 36 heavy (non-hydrogen) atoms. The van der Waals surface area contributed by atoms with Crippen molar-refractivity contribution in [2.75, 3.05) is 38.6 Å². The number of nitrogens with zero attached hydrogens (tertiary/aromatic N) is 1. The van der Waals surface area contributed by atoms with Crippen LogP contribution in [0.1, 0.15) is 40.0 Å². The van der Waals surface area contributed by atoms with Crippen LogP contribution in [0, 0.1) is 0 Å². The van der Waals surface area contributed by atoms with Crippen LogP contribution in [-0.2, 0) is 4.74 Å². The number of benzene rings is 2. The summed E-state index contributed by atoms with van der Waals surface area (Å²) in [5, 5.41) is 17.1. The predicted molar refractivity (Wildman–Crippen MR) is 154 cm³/mol. The third-order valence-corrected chi connectivity index (χ3v) is 6.14. The van der Waals surface area contributed by atoms with Crippen LogP contribution in [0.2, 0.25) is 0 Å². The Morgan fingerprint density at radius 2 is 1.64 bits per heavy atom. The van der Waals surface area contributed by atoms with Crippen LogP contribution in [0.15, 0.2) is 95.8 Å². The SMILES string of the molecule is C/C=C1/SCCO/C1=C/C=C/O.CC.Oc1ccccc1.c1ccc(OCCCN2CCCC2)cc1. The number of thioether (sulfide) groups is 1. The quantitative estimate of drug-likeness (QED) is 0.307. The summed E-state index contributed by atoms with van der Waals surface area (Å²) in [7, 11) is 0. The first-order valence-corrected chi connectivity index (χ1v) is 13.8.